The van der Waals surface area contributed by atoms with E-state index in [4.69, 9.17) is 0 Å². The number of sulfonamides is 1. The molecule has 0 aliphatic carbocycles. The molecule has 0 bridgehead atoms. The highest BCUT2D eigenvalue weighted by Crippen LogP contribution is 2.29. The second kappa shape index (κ2) is 6.25. The molecule has 0 aliphatic rings. The minimum atomic E-state index is -3.78. The highest BCUT2D eigenvalue weighted by Gasteiger charge is 2.15. The van der Waals surface area contributed by atoms with Crippen LogP contribution in [-0.4, -0.2) is 18.6 Å². The predicted molar refractivity (Wildman–Crippen MR) is 92.5 cm³/mol. The summed E-state index contributed by atoms with van der Waals surface area (Å²) < 4.78 is 27.1. The average molecular weight is 341 g/mol. The molecule has 3 N–H and O–H groups in total. The van der Waals surface area contributed by atoms with Crippen LogP contribution in [0.2, 0.25) is 0 Å². The summed E-state index contributed by atoms with van der Waals surface area (Å²) in [5.74, 6) is -0.709. The third-order valence-corrected chi connectivity index (χ3v) is 4.90. The lowest BCUT2D eigenvalue weighted by Gasteiger charge is -2.10. The molecule has 0 aliphatic heterocycles. The zero-order valence-corrected chi connectivity index (χ0v) is 13.4. The van der Waals surface area contributed by atoms with Gasteiger partial charge in [-0.15, -0.1) is 0 Å². The zero-order chi connectivity index (χ0) is 17.2. The third-order valence-electron chi connectivity index (χ3n) is 3.50. The number of hydrogen-bond donors (Lipinski definition) is 3. The van der Waals surface area contributed by atoms with Crippen molar-refractivity contribution >= 4 is 15.7 Å². The summed E-state index contributed by atoms with van der Waals surface area (Å²) in [6.45, 7) is 0. The summed E-state index contributed by atoms with van der Waals surface area (Å²) >= 11 is 0. The minimum absolute atomic E-state index is 0.106. The van der Waals surface area contributed by atoms with Gasteiger partial charge in [-0.05, 0) is 35.4 Å². The SMILES string of the molecule is O=S(=O)(Nc1ccc(O)c(O)c1)c1ccc(-c2ccccc2)cc1. The van der Waals surface area contributed by atoms with Gasteiger partial charge in [0.1, 0.15) is 0 Å². The molecule has 0 heterocycles. The average Bonchev–Trinajstić information content (AvgIpc) is 2.59. The molecule has 0 unspecified atom stereocenters. The molecule has 3 rings (SSSR count). The minimum Gasteiger partial charge on any atom is -0.504 e. The molecular weight excluding hydrogens is 326 g/mol. The van der Waals surface area contributed by atoms with Gasteiger partial charge in [-0.3, -0.25) is 4.72 Å². The van der Waals surface area contributed by atoms with Crippen molar-refractivity contribution in [1.29, 1.82) is 0 Å². The van der Waals surface area contributed by atoms with Crippen LogP contribution in [0.3, 0.4) is 0 Å². The molecule has 0 aromatic heterocycles. The first kappa shape index (κ1) is 15.9. The van der Waals surface area contributed by atoms with Crippen LogP contribution >= 0.6 is 0 Å². The topological polar surface area (TPSA) is 86.6 Å². The lowest BCUT2D eigenvalue weighted by molar-refractivity contribution is 0.404. The van der Waals surface area contributed by atoms with Gasteiger partial charge in [-0.25, -0.2) is 8.42 Å². The molecule has 0 atom stereocenters. The van der Waals surface area contributed by atoms with E-state index in [0.717, 1.165) is 17.2 Å². The first-order valence-corrected chi connectivity index (χ1v) is 8.64. The summed E-state index contributed by atoms with van der Waals surface area (Å²) in [6, 6.07) is 19.9. The second-order valence-corrected chi connectivity index (χ2v) is 6.88. The Labute approximate surface area is 139 Å². The summed E-state index contributed by atoms with van der Waals surface area (Å²) in [6.07, 6.45) is 0. The van der Waals surface area contributed by atoms with E-state index < -0.39 is 15.8 Å². The first-order chi connectivity index (χ1) is 11.5. The monoisotopic (exact) mass is 341 g/mol. The van der Waals surface area contributed by atoms with Gasteiger partial charge in [0.05, 0.1) is 10.6 Å². The van der Waals surface area contributed by atoms with Crippen LogP contribution in [0.4, 0.5) is 5.69 Å². The maximum absolute atomic E-state index is 12.4. The molecule has 6 heteroatoms. The van der Waals surface area contributed by atoms with Gasteiger partial charge in [-0.1, -0.05) is 42.5 Å². The fourth-order valence-electron chi connectivity index (χ4n) is 2.26. The van der Waals surface area contributed by atoms with Crippen LogP contribution in [-0.2, 0) is 10.0 Å². The molecule has 0 radical (unpaired) electrons. The van der Waals surface area contributed by atoms with Crippen LogP contribution < -0.4 is 4.72 Å². The Balaban J connectivity index is 1.86. The van der Waals surface area contributed by atoms with Crippen molar-refractivity contribution in [1.82, 2.24) is 0 Å². The Kier molecular flexibility index (Phi) is 4.14. The molecule has 122 valence electrons. The number of phenols is 2. The maximum atomic E-state index is 12.4. The number of nitrogens with one attached hydrogen (secondary N) is 1. The van der Waals surface area contributed by atoms with Gasteiger partial charge in [0.25, 0.3) is 10.0 Å². The number of benzene rings is 3. The van der Waals surface area contributed by atoms with Crippen LogP contribution in [0.15, 0.2) is 77.7 Å². The van der Waals surface area contributed by atoms with Gasteiger partial charge in [0, 0.05) is 6.07 Å². The van der Waals surface area contributed by atoms with E-state index in [1.165, 1.54) is 24.3 Å². The van der Waals surface area contributed by atoms with Crippen molar-refractivity contribution in [3.05, 3.63) is 72.8 Å². The van der Waals surface area contributed by atoms with E-state index in [1.54, 1.807) is 12.1 Å². The van der Waals surface area contributed by atoms with E-state index >= 15 is 0 Å². The number of anilines is 1. The van der Waals surface area contributed by atoms with Crippen molar-refractivity contribution < 1.29 is 18.6 Å². The van der Waals surface area contributed by atoms with Crippen molar-refractivity contribution in [3.8, 4) is 22.6 Å². The number of phenolic OH excluding ortho intramolecular Hbond substituents is 2. The molecule has 24 heavy (non-hydrogen) atoms. The normalized spacial score (nSPS) is 11.2. The van der Waals surface area contributed by atoms with Gasteiger partial charge < -0.3 is 10.2 Å². The van der Waals surface area contributed by atoms with E-state index in [2.05, 4.69) is 4.72 Å². The number of aromatic hydroxyl groups is 2. The Morgan fingerprint density at radius 1 is 0.708 bits per heavy atom. The number of hydrogen-bond acceptors (Lipinski definition) is 4. The molecular formula is C18H15NO4S. The first-order valence-electron chi connectivity index (χ1n) is 7.16. The molecule has 0 amide bonds. The standard InChI is InChI=1S/C18H15NO4S/c20-17-11-8-15(12-18(17)21)19-24(22,23)16-9-6-14(7-10-16)13-4-2-1-3-5-13/h1-12,19-21H. The number of rotatable bonds is 4. The smallest absolute Gasteiger partial charge is 0.261 e. The summed E-state index contributed by atoms with van der Waals surface area (Å²) in [7, 11) is -3.78. The van der Waals surface area contributed by atoms with E-state index in [-0.39, 0.29) is 16.3 Å². The molecule has 0 spiro atoms. The van der Waals surface area contributed by atoms with Crippen molar-refractivity contribution in [2.75, 3.05) is 4.72 Å². The van der Waals surface area contributed by atoms with Crippen LogP contribution in [0, 0.1) is 0 Å². The molecule has 5 nitrogen and oxygen atoms in total. The zero-order valence-electron chi connectivity index (χ0n) is 12.5. The Hall–Kier alpha value is -2.99. The van der Waals surface area contributed by atoms with E-state index in [1.807, 2.05) is 30.3 Å². The van der Waals surface area contributed by atoms with Gasteiger partial charge in [0.15, 0.2) is 11.5 Å². The Morgan fingerprint density at radius 3 is 1.96 bits per heavy atom. The Morgan fingerprint density at radius 2 is 1.33 bits per heavy atom. The molecule has 0 fully saturated rings. The maximum Gasteiger partial charge on any atom is 0.261 e. The second-order valence-electron chi connectivity index (χ2n) is 5.20. The summed E-state index contributed by atoms with van der Waals surface area (Å²) in [5.41, 5.74) is 2.08. The molecule has 3 aromatic rings. The summed E-state index contributed by atoms with van der Waals surface area (Å²) in [4.78, 5) is 0.106. The van der Waals surface area contributed by atoms with Gasteiger partial charge in [0.2, 0.25) is 0 Å². The fraction of sp³-hybridized carbons (Fsp3) is 0. The van der Waals surface area contributed by atoms with E-state index in [9.17, 15) is 18.6 Å². The van der Waals surface area contributed by atoms with Crippen LogP contribution in [0.25, 0.3) is 11.1 Å². The van der Waals surface area contributed by atoms with Crippen LogP contribution in [0.1, 0.15) is 0 Å². The largest absolute Gasteiger partial charge is 0.504 e. The molecule has 3 aromatic carbocycles. The lowest BCUT2D eigenvalue weighted by Crippen LogP contribution is -2.12. The molecule has 0 saturated carbocycles. The predicted octanol–water partition coefficient (Wildman–Crippen LogP) is 3.57. The van der Waals surface area contributed by atoms with Crippen molar-refractivity contribution in [2.24, 2.45) is 0 Å². The lowest BCUT2D eigenvalue weighted by atomic mass is 10.1. The quantitative estimate of drug-likeness (QED) is 0.500. The molecule has 0 saturated heterocycles. The Bertz CT molecular complexity index is 952. The highest BCUT2D eigenvalue weighted by molar-refractivity contribution is 7.92. The van der Waals surface area contributed by atoms with Crippen molar-refractivity contribution in [3.63, 3.8) is 0 Å². The van der Waals surface area contributed by atoms with E-state index in [0.29, 0.717) is 0 Å². The van der Waals surface area contributed by atoms with Gasteiger partial charge >= 0.3 is 0 Å². The van der Waals surface area contributed by atoms with Gasteiger partial charge in [-0.2, -0.15) is 0 Å². The fourth-order valence-corrected chi connectivity index (χ4v) is 3.31. The highest BCUT2D eigenvalue weighted by atomic mass is 32.2. The third kappa shape index (κ3) is 3.33. The summed E-state index contributed by atoms with van der Waals surface area (Å²) in [5, 5.41) is 18.7. The van der Waals surface area contributed by atoms with Crippen molar-refractivity contribution in [2.45, 2.75) is 4.90 Å². The van der Waals surface area contributed by atoms with Crippen LogP contribution in [0.5, 0.6) is 11.5 Å².